The molecule has 0 aliphatic heterocycles. The summed E-state index contributed by atoms with van der Waals surface area (Å²) >= 11 is 1.87. The van der Waals surface area contributed by atoms with E-state index in [-0.39, 0.29) is 0 Å². The van der Waals surface area contributed by atoms with Crippen LogP contribution in [-0.2, 0) is 0 Å². The standard InChI is InChI=1S/C52H33NOS/c1-3-14-34(15-4-1)38-32-33-46(42-19-8-7-18-41(38)42)53(37-28-26-36(27-29-37)39-22-13-24-48-50(39)45-21-9-11-23-47(45)54-48)51-40(35-16-5-2-6-17-35)30-31-44-43-20-10-12-25-49(43)55-52(44)51/h1-33H. The summed E-state index contributed by atoms with van der Waals surface area (Å²) in [7, 11) is 0. The third-order valence-corrected chi connectivity index (χ3v) is 12.1. The predicted octanol–water partition coefficient (Wildman–Crippen LogP) is 15.6. The molecule has 9 aromatic carbocycles. The van der Waals surface area contributed by atoms with Crippen molar-refractivity contribution in [1.82, 2.24) is 0 Å². The Balaban J connectivity index is 1.20. The number of hydrogen-bond donors (Lipinski definition) is 0. The minimum atomic E-state index is 0.901. The Morgan fingerprint density at radius 3 is 1.75 bits per heavy atom. The smallest absolute Gasteiger partial charge is 0.136 e. The Hall–Kier alpha value is -6.94. The average molecular weight is 720 g/mol. The first-order valence-corrected chi connectivity index (χ1v) is 19.5. The summed E-state index contributed by atoms with van der Waals surface area (Å²) < 4.78 is 8.83. The number of rotatable bonds is 6. The van der Waals surface area contributed by atoms with Crippen LogP contribution in [0, 0.1) is 0 Å². The van der Waals surface area contributed by atoms with Gasteiger partial charge in [0.05, 0.1) is 16.1 Å². The highest BCUT2D eigenvalue weighted by Crippen LogP contribution is 2.51. The quantitative estimate of drug-likeness (QED) is 0.170. The number of fused-ring (bicyclic) bond motifs is 7. The summed E-state index contributed by atoms with van der Waals surface area (Å²) in [6.45, 7) is 0. The van der Waals surface area contributed by atoms with E-state index < -0.39 is 0 Å². The van der Waals surface area contributed by atoms with E-state index in [2.05, 4.69) is 193 Å². The second-order valence-electron chi connectivity index (χ2n) is 14.0. The highest BCUT2D eigenvalue weighted by atomic mass is 32.1. The van der Waals surface area contributed by atoms with Crippen LogP contribution in [-0.4, -0.2) is 0 Å². The fourth-order valence-electron chi connectivity index (χ4n) is 8.39. The maximum Gasteiger partial charge on any atom is 0.136 e. The zero-order valence-corrected chi connectivity index (χ0v) is 30.6. The molecule has 0 amide bonds. The maximum atomic E-state index is 6.29. The third-order valence-electron chi connectivity index (χ3n) is 10.9. The van der Waals surface area contributed by atoms with E-state index in [1.54, 1.807) is 0 Å². The number of nitrogens with zero attached hydrogens (tertiary/aromatic N) is 1. The van der Waals surface area contributed by atoms with Crippen molar-refractivity contribution in [3.05, 3.63) is 200 Å². The van der Waals surface area contributed by atoms with Gasteiger partial charge in [-0.25, -0.2) is 0 Å². The first-order valence-electron chi connectivity index (χ1n) is 18.7. The van der Waals surface area contributed by atoms with Crippen LogP contribution < -0.4 is 4.90 Å². The second kappa shape index (κ2) is 12.9. The number of hydrogen-bond acceptors (Lipinski definition) is 3. The predicted molar refractivity (Wildman–Crippen MR) is 235 cm³/mol. The van der Waals surface area contributed by atoms with Gasteiger partial charge in [-0.2, -0.15) is 0 Å². The number of benzene rings is 9. The van der Waals surface area contributed by atoms with Crippen LogP contribution in [0.5, 0.6) is 0 Å². The van der Waals surface area contributed by atoms with Crippen molar-refractivity contribution in [2.75, 3.05) is 4.90 Å². The van der Waals surface area contributed by atoms with Gasteiger partial charge < -0.3 is 9.32 Å². The first kappa shape index (κ1) is 31.6. The normalized spacial score (nSPS) is 11.6. The lowest BCUT2D eigenvalue weighted by Crippen LogP contribution is -2.12. The van der Waals surface area contributed by atoms with Crippen LogP contribution in [0.25, 0.3) is 86.3 Å². The van der Waals surface area contributed by atoms with Crippen molar-refractivity contribution < 1.29 is 4.42 Å². The zero-order chi connectivity index (χ0) is 36.3. The van der Waals surface area contributed by atoms with Crippen LogP contribution in [0.1, 0.15) is 0 Å². The Morgan fingerprint density at radius 2 is 0.964 bits per heavy atom. The molecule has 3 heteroatoms. The Labute approximate surface area is 322 Å². The Bertz CT molecular complexity index is 3190. The summed E-state index contributed by atoms with van der Waals surface area (Å²) in [6, 6.07) is 72.2. The van der Waals surface area contributed by atoms with Crippen molar-refractivity contribution in [1.29, 1.82) is 0 Å². The largest absolute Gasteiger partial charge is 0.456 e. The second-order valence-corrected chi connectivity index (χ2v) is 15.1. The lowest BCUT2D eigenvalue weighted by atomic mass is 9.95. The number of para-hydroxylation sites is 1. The molecule has 2 aromatic heterocycles. The zero-order valence-electron chi connectivity index (χ0n) is 29.8. The molecule has 0 aliphatic rings. The molecule has 2 nitrogen and oxygen atoms in total. The maximum absolute atomic E-state index is 6.29. The van der Waals surface area contributed by atoms with Gasteiger partial charge in [-0.05, 0) is 69.6 Å². The lowest BCUT2D eigenvalue weighted by Gasteiger charge is -2.30. The fraction of sp³-hybridized carbons (Fsp3) is 0. The van der Waals surface area contributed by atoms with E-state index in [9.17, 15) is 0 Å². The van der Waals surface area contributed by atoms with E-state index in [1.807, 2.05) is 23.5 Å². The topological polar surface area (TPSA) is 16.4 Å². The number of anilines is 3. The van der Waals surface area contributed by atoms with E-state index >= 15 is 0 Å². The summed E-state index contributed by atoms with van der Waals surface area (Å²) in [4.78, 5) is 2.51. The van der Waals surface area contributed by atoms with Gasteiger partial charge in [0.15, 0.2) is 0 Å². The van der Waals surface area contributed by atoms with E-state index in [4.69, 9.17) is 4.42 Å². The molecule has 258 valence electrons. The average Bonchev–Trinajstić information content (AvgIpc) is 3.84. The molecule has 0 spiro atoms. The number of furan rings is 1. The highest BCUT2D eigenvalue weighted by molar-refractivity contribution is 7.26. The SMILES string of the molecule is c1ccc(-c2ccc3c(sc4ccccc43)c2N(c2ccc(-c3cccc4oc5ccccc5c34)cc2)c2ccc(-c3ccccc3)c3ccccc23)cc1. The molecule has 0 unspecified atom stereocenters. The molecular formula is C52H33NOS. The summed E-state index contributed by atoms with van der Waals surface area (Å²) in [5.41, 5.74) is 12.3. The lowest BCUT2D eigenvalue weighted by molar-refractivity contribution is 0.669. The molecule has 0 radical (unpaired) electrons. The van der Waals surface area contributed by atoms with Crippen LogP contribution in [0.3, 0.4) is 0 Å². The number of thiophene rings is 1. The molecular weight excluding hydrogens is 687 g/mol. The van der Waals surface area contributed by atoms with Gasteiger partial charge in [-0.1, -0.05) is 164 Å². The molecule has 0 N–H and O–H groups in total. The van der Waals surface area contributed by atoms with E-state index in [0.717, 1.165) is 44.4 Å². The van der Waals surface area contributed by atoms with Gasteiger partial charge in [0.2, 0.25) is 0 Å². The molecule has 11 rings (SSSR count). The van der Waals surface area contributed by atoms with Crippen molar-refractivity contribution in [3.8, 4) is 33.4 Å². The summed E-state index contributed by atoms with van der Waals surface area (Å²) in [5.74, 6) is 0. The molecule has 0 atom stereocenters. The summed E-state index contributed by atoms with van der Waals surface area (Å²) in [6.07, 6.45) is 0. The monoisotopic (exact) mass is 719 g/mol. The minimum Gasteiger partial charge on any atom is -0.456 e. The first-order chi connectivity index (χ1) is 27.3. The van der Waals surface area contributed by atoms with E-state index in [1.165, 1.54) is 58.9 Å². The molecule has 11 aromatic rings. The molecule has 2 heterocycles. The fourth-order valence-corrected chi connectivity index (χ4v) is 9.63. The van der Waals surface area contributed by atoms with E-state index in [0.29, 0.717) is 0 Å². The van der Waals surface area contributed by atoms with Gasteiger partial charge in [-0.3, -0.25) is 0 Å². The minimum absolute atomic E-state index is 0.901. The molecule has 0 bridgehead atoms. The van der Waals surface area contributed by atoms with Gasteiger partial charge in [0, 0.05) is 42.9 Å². The Kier molecular flexibility index (Phi) is 7.39. The van der Waals surface area contributed by atoms with Crippen molar-refractivity contribution >= 4 is 81.3 Å². The van der Waals surface area contributed by atoms with Crippen LogP contribution in [0.2, 0.25) is 0 Å². The molecule has 0 saturated carbocycles. The van der Waals surface area contributed by atoms with Crippen molar-refractivity contribution in [2.45, 2.75) is 0 Å². The van der Waals surface area contributed by atoms with Gasteiger partial charge in [0.1, 0.15) is 11.2 Å². The molecule has 0 fully saturated rings. The highest BCUT2D eigenvalue weighted by Gasteiger charge is 2.25. The van der Waals surface area contributed by atoms with Gasteiger partial charge >= 0.3 is 0 Å². The van der Waals surface area contributed by atoms with Crippen molar-refractivity contribution in [3.63, 3.8) is 0 Å². The van der Waals surface area contributed by atoms with Crippen LogP contribution >= 0.6 is 11.3 Å². The molecule has 0 saturated heterocycles. The van der Waals surface area contributed by atoms with Crippen LogP contribution in [0.15, 0.2) is 205 Å². The Morgan fingerprint density at radius 1 is 0.364 bits per heavy atom. The third kappa shape index (κ3) is 5.16. The molecule has 55 heavy (non-hydrogen) atoms. The van der Waals surface area contributed by atoms with Gasteiger partial charge in [0.25, 0.3) is 0 Å². The van der Waals surface area contributed by atoms with Gasteiger partial charge in [-0.15, -0.1) is 11.3 Å². The van der Waals surface area contributed by atoms with Crippen molar-refractivity contribution in [2.24, 2.45) is 0 Å². The summed E-state index contributed by atoms with van der Waals surface area (Å²) in [5, 5.41) is 7.24. The molecule has 0 aliphatic carbocycles. The van der Waals surface area contributed by atoms with Crippen LogP contribution in [0.4, 0.5) is 17.1 Å².